The van der Waals surface area contributed by atoms with Gasteiger partial charge in [-0.05, 0) is 18.1 Å². The van der Waals surface area contributed by atoms with E-state index < -0.39 is 0 Å². The molecule has 2 aromatic rings. The Bertz CT molecular complexity index is 668. The van der Waals surface area contributed by atoms with Crippen molar-refractivity contribution in [3.05, 3.63) is 47.8 Å². The number of piperazine rings is 1. The first kappa shape index (κ1) is 15.3. The Hall–Kier alpha value is -2.63. The van der Waals surface area contributed by atoms with E-state index in [1.54, 1.807) is 11.2 Å². The van der Waals surface area contributed by atoms with E-state index in [1.807, 2.05) is 18.2 Å². The number of carbonyl (C=O) groups excluding carboxylic acids is 1. The number of benzene rings is 1. The van der Waals surface area contributed by atoms with Crippen molar-refractivity contribution in [3.63, 3.8) is 0 Å². The van der Waals surface area contributed by atoms with Crippen LogP contribution in [0.5, 0.6) is 0 Å². The summed E-state index contributed by atoms with van der Waals surface area (Å²) < 4.78 is 0. The van der Waals surface area contributed by atoms with Crippen LogP contribution in [0.15, 0.2) is 36.7 Å². The van der Waals surface area contributed by atoms with Gasteiger partial charge >= 0.3 is 0 Å². The number of amides is 1. The Morgan fingerprint density at radius 1 is 1.17 bits per heavy atom. The quantitative estimate of drug-likeness (QED) is 0.851. The third-order valence-corrected chi connectivity index (χ3v) is 4.16. The third-order valence-electron chi connectivity index (χ3n) is 4.16. The number of aryl methyl sites for hydroxylation is 1. The highest BCUT2D eigenvalue weighted by Gasteiger charge is 2.17. The minimum Gasteiger partial charge on any atom is -0.366 e. The number of hydrogen-bond donors (Lipinski definition) is 1. The van der Waals surface area contributed by atoms with Crippen LogP contribution in [0.2, 0.25) is 0 Å². The Balaban J connectivity index is 1.64. The van der Waals surface area contributed by atoms with Gasteiger partial charge < -0.3 is 15.1 Å². The van der Waals surface area contributed by atoms with Gasteiger partial charge in [0.15, 0.2) is 0 Å². The van der Waals surface area contributed by atoms with E-state index in [2.05, 4.69) is 39.2 Å². The van der Waals surface area contributed by atoms with Crippen molar-refractivity contribution in [2.45, 2.75) is 13.5 Å². The Kier molecular flexibility index (Phi) is 4.71. The van der Waals surface area contributed by atoms with E-state index in [0.717, 1.165) is 50.8 Å². The summed E-state index contributed by atoms with van der Waals surface area (Å²) in [4.78, 5) is 23.4. The minimum absolute atomic E-state index is 0.736. The molecule has 0 spiro atoms. The molecular weight excluding hydrogens is 290 g/mol. The minimum atomic E-state index is 0.736. The Morgan fingerprint density at radius 2 is 1.96 bits per heavy atom. The van der Waals surface area contributed by atoms with Gasteiger partial charge in [-0.15, -0.1) is 0 Å². The number of nitrogens with zero attached hydrogens (tertiary/aromatic N) is 4. The molecule has 23 heavy (non-hydrogen) atoms. The van der Waals surface area contributed by atoms with Crippen LogP contribution in [-0.2, 0) is 11.3 Å². The SMILES string of the molecule is Cc1ccccc1CNc1cc(N2CCN(C=O)CC2)ncn1. The van der Waals surface area contributed by atoms with Crippen LogP contribution in [0.3, 0.4) is 0 Å². The van der Waals surface area contributed by atoms with Crippen LogP contribution in [0.1, 0.15) is 11.1 Å². The maximum Gasteiger partial charge on any atom is 0.209 e. The van der Waals surface area contributed by atoms with E-state index in [0.29, 0.717) is 0 Å². The number of aromatic nitrogens is 2. The highest BCUT2D eigenvalue weighted by atomic mass is 16.1. The summed E-state index contributed by atoms with van der Waals surface area (Å²) in [5, 5.41) is 3.36. The monoisotopic (exact) mass is 311 g/mol. The molecule has 1 fully saturated rings. The van der Waals surface area contributed by atoms with E-state index in [4.69, 9.17) is 0 Å². The molecule has 0 unspecified atom stereocenters. The predicted molar refractivity (Wildman–Crippen MR) is 90.4 cm³/mol. The maximum atomic E-state index is 10.8. The Morgan fingerprint density at radius 3 is 2.70 bits per heavy atom. The first-order chi connectivity index (χ1) is 11.3. The molecule has 1 N–H and O–H groups in total. The average molecular weight is 311 g/mol. The smallest absolute Gasteiger partial charge is 0.209 e. The number of hydrogen-bond acceptors (Lipinski definition) is 5. The molecular formula is C17H21N5O. The molecule has 0 radical (unpaired) electrons. The van der Waals surface area contributed by atoms with Gasteiger partial charge in [-0.1, -0.05) is 24.3 Å². The van der Waals surface area contributed by atoms with Gasteiger partial charge in [0.1, 0.15) is 18.0 Å². The van der Waals surface area contributed by atoms with Crippen molar-refractivity contribution in [1.82, 2.24) is 14.9 Å². The summed E-state index contributed by atoms with van der Waals surface area (Å²) in [7, 11) is 0. The fourth-order valence-corrected chi connectivity index (χ4v) is 2.67. The topological polar surface area (TPSA) is 61.4 Å². The van der Waals surface area contributed by atoms with Gasteiger partial charge in [-0.3, -0.25) is 4.79 Å². The fraction of sp³-hybridized carbons (Fsp3) is 0.353. The summed E-state index contributed by atoms with van der Waals surface area (Å²) >= 11 is 0. The molecule has 2 heterocycles. The van der Waals surface area contributed by atoms with Gasteiger partial charge in [0.05, 0.1) is 0 Å². The normalized spacial score (nSPS) is 14.7. The highest BCUT2D eigenvalue weighted by Crippen LogP contribution is 2.17. The molecule has 0 aliphatic carbocycles. The first-order valence-electron chi connectivity index (χ1n) is 7.81. The van der Waals surface area contributed by atoms with Crippen molar-refractivity contribution >= 4 is 18.0 Å². The number of anilines is 2. The van der Waals surface area contributed by atoms with Crippen LogP contribution in [-0.4, -0.2) is 47.5 Å². The highest BCUT2D eigenvalue weighted by molar-refractivity contribution is 5.51. The Labute approximate surface area is 136 Å². The fourth-order valence-electron chi connectivity index (χ4n) is 2.67. The van der Waals surface area contributed by atoms with Gasteiger partial charge in [0.2, 0.25) is 6.41 Å². The predicted octanol–water partition coefficient (Wildman–Crippen LogP) is 1.68. The second kappa shape index (κ2) is 7.09. The zero-order valence-corrected chi connectivity index (χ0v) is 13.3. The third kappa shape index (κ3) is 3.77. The average Bonchev–Trinajstić information content (AvgIpc) is 2.61. The molecule has 1 amide bonds. The molecule has 0 atom stereocenters. The lowest BCUT2D eigenvalue weighted by molar-refractivity contribution is -0.118. The van der Waals surface area contributed by atoms with E-state index >= 15 is 0 Å². The number of nitrogens with one attached hydrogen (secondary N) is 1. The molecule has 6 nitrogen and oxygen atoms in total. The van der Waals surface area contributed by atoms with Gasteiger partial charge in [-0.2, -0.15) is 0 Å². The molecule has 1 aromatic heterocycles. The summed E-state index contributed by atoms with van der Waals surface area (Å²) in [6, 6.07) is 10.3. The van der Waals surface area contributed by atoms with Crippen LogP contribution >= 0.6 is 0 Å². The van der Waals surface area contributed by atoms with Crippen molar-refractivity contribution in [1.29, 1.82) is 0 Å². The van der Waals surface area contributed by atoms with Gasteiger partial charge in [-0.25, -0.2) is 9.97 Å². The summed E-state index contributed by atoms with van der Waals surface area (Å²) in [5.41, 5.74) is 2.52. The van der Waals surface area contributed by atoms with Gasteiger partial charge in [0, 0.05) is 38.8 Å². The maximum absolute atomic E-state index is 10.8. The molecule has 0 bridgehead atoms. The van der Waals surface area contributed by atoms with Crippen molar-refractivity contribution < 1.29 is 4.79 Å². The molecule has 120 valence electrons. The second-order valence-corrected chi connectivity index (χ2v) is 5.67. The molecule has 1 aliphatic heterocycles. The molecule has 0 saturated carbocycles. The summed E-state index contributed by atoms with van der Waals surface area (Å²) in [5.74, 6) is 1.72. The van der Waals surface area contributed by atoms with E-state index in [1.165, 1.54) is 11.1 Å². The first-order valence-corrected chi connectivity index (χ1v) is 7.81. The lowest BCUT2D eigenvalue weighted by atomic mass is 10.1. The standard InChI is InChI=1S/C17H21N5O/c1-14-4-2-3-5-15(14)11-18-16-10-17(20-12-19-16)22-8-6-21(13-23)7-9-22/h2-5,10,12-13H,6-9,11H2,1H3,(H,18,19,20). The molecule has 1 aliphatic rings. The zero-order chi connectivity index (χ0) is 16.1. The molecule has 1 aromatic carbocycles. The van der Waals surface area contributed by atoms with E-state index in [9.17, 15) is 4.79 Å². The summed E-state index contributed by atoms with van der Waals surface area (Å²) in [6.07, 6.45) is 2.49. The zero-order valence-electron chi connectivity index (χ0n) is 13.3. The lowest BCUT2D eigenvalue weighted by Gasteiger charge is -2.33. The molecule has 6 heteroatoms. The van der Waals surface area contributed by atoms with Crippen molar-refractivity contribution in [3.8, 4) is 0 Å². The molecule has 3 rings (SSSR count). The lowest BCUT2D eigenvalue weighted by Crippen LogP contribution is -2.46. The summed E-state index contributed by atoms with van der Waals surface area (Å²) in [6.45, 7) is 5.91. The second-order valence-electron chi connectivity index (χ2n) is 5.67. The van der Waals surface area contributed by atoms with Gasteiger partial charge in [0.25, 0.3) is 0 Å². The van der Waals surface area contributed by atoms with Crippen molar-refractivity contribution in [2.75, 3.05) is 36.4 Å². The van der Waals surface area contributed by atoms with Crippen molar-refractivity contribution in [2.24, 2.45) is 0 Å². The number of carbonyl (C=O) groups is 1. The van der Waals surface area contributed by atoms with Crippen LogP contribution in [0.25, 0.3) is 0 Å². The van der Waals surface area contributed by atoms with Crippen LogP contribution < -0.4 is 10.2 Å². The van der Waals surface area contributed by atoms with E-state index in [-0.39, 0.29) is 0 Å². The molecule has 1 saturated heterocycles. The largest absolute Gasteiger partial charge is 0.366 e. The van der Waals surface area contributed by atoms with Crippen LogP contribution in [0.4, 0.5) is 11.6 Å². The van der Waals surface area contributed by atoms with Crippen LogP contribution in [0, 0.1) is 6.92 Å². The number of rotatable bonds is 5.